The van der Waals surface area contributed by atoms with Crippen LogP contribution in [0.25, 0.3) is 10.9 Å². The Bertz CT molecular complexity index is 1180. The predicted molar refractivity (Wildman–Crippen MR) is 132 cm³/mol. The maximum absolute atomic E-state index is 13.2. The molecule has 5 atom stereocenters. The largest absolute Gasteiger partial charge is 0.480 e. The van der Waals surface area contributed by atoms with Crippen LogP contribution in [0, 0.1) is 0 Å². The summed E-state index contributed by atoms with van der Waals surface area (Å²) in [5.41, 5.74) is 13.2. The number of hydrogen-bond donors (Lipinski definition) is 7. The zero-order chi connectivity index (χ0) is 27.3. The fraction of sp³-hybridized carbons (Fsp3) is 0.458. The Labute approximate surface area is 212 Å². The summed E-state index contributed by atoms with van der Waals surface area (Å²) in [4.78, 5) is 66.2. The number of nitrogens with zero attached hydrogens (tertiary/aromatic N) is 1. The van der Waals surface area contributed by atoms with Crippen molar-refractivity contribution in [1.82, 2.24) is 20.5 Å². The van der Waals surface area contributed by atoms with Gasteiger partial charge in [0.2, 0.25) is 23.6 Å². The Balaban J connectivity index is 1.69. The molecule has 1 aromatic heterocycles. The Morgan fingerprint density at radius 2 is 1.89 bits per heavy atom. The minimum Gasteiger partial charge on any atom is -0.480 e. The van der Waals surface area contributed by atoms with Gasteiger partial charge in [0.15, 0.2) is 6.04 Å². The quantitative estimate of drug-likeness (QED) is 0.183. The number of amides is 4. The van der Waals surface area contributed by atoms with Gasteiger partial charge in [-0.25, -0.2) is 4.79 Å². The number of aliphatic hydroxyl groups excluding tert-OH is 1. The maximum Gasteiger partial charge on any atom is 0.328 e. The first-order valence-electron chi connectivity index (χ1n) is 11.9. The molecule has 1 aliphatic heterocycles. The number of benzene rings is 1. The number of aromatic nitrogens is 1. The summed E-state index contributed by atoms with van der Waals surface area (Å²) in [6.07, 6.45) is 0.831. The highest BCUT2D eigenvalue weighted by Crippen LogP contribution is 2.22. The molecule has 0 aliphatic carbocycles. The molecule has 9 N–H and O–H groups in total. The minimum absolute atomic E-state index is 0.246. The van der Waals surface area contributed by atoms with Crippen LogP contribution in [0.2, 0.25) is 0 Å². The Morgan fingerprint density at radius 1 is 1.19 bits per heavy atom. The first-order valence-corrected chi connectivity index (χ1v) is 11.9. The number of nitrogens with one attached hydrogen (secondary N) is 3. The number of likely N-dealkylation sites (tertiary alicyclic amines) is 1. The molecule has 13 nitrogen and oxygen atoms in total. The van der Waals surface area contributed by atoms with Crippen molar-refractivity contribution < 1.29 is 34.2 Å². The minimum atomic E-state index is -1.66. The van der Waals surface area contributed by atoms with E-state index in [9.17, 15) is 34.2 Å². The average molecular weight is 517 g/mol. The van der Waals surface area contributed by atoms with Gasteiger partial charge in [0, 0.05) is 23.6 Å². The molecule has 0 spiro atoms. The van der Waals surface area contributed by atoms with Crippen LogP contribution >= 0.6 is 0 Å². The SMILES string of the molecule is CC(O)C(NC(=O)C(CC(N)=O)NC(=O)C1CCCN1C(=O)C(N)Cc1c[nH]c2ccccc12)C(=O)O. The van der Waals surface area contributed by atoms with E-state index in [1.807, 2.05) is 24.3 Å². The molecule has 4 amide bonds. The van der Waals surface area contributed by atoms with Gasteiger partial charge in [0.1, 0.15) is 12.1 Å². The van der Waals surface area contributed by atoms with Crippen molar-refractivity contribution in [2.45, 2.75) is 62.9 Å². The number of carboxylic acid groups (broad SMARTS) is 1. The summed E-state index contributed by atoms with van der Waals surface area (Å²) in [6.45, 7) is 1.45. The summed E-state index contributed by atoms with van der Waals surface area (Å²) < 4.78 is 0. The number of rotatable bonds is 11. The third-order valence-electron chi connectivity index (χ3n) is 6.35. The lowest BCUT2D eigenvalue weighted by Crippen LogP contribution is -2.58. The van der Waals surface area contributed by atoms with Gasteiger partial charge in [-0.1, -0.05) is 18.2 Å². The Hall–Kier alpha value is -3.97. The molecule has 13 heteroatoms. The topological polar surface area (TPSA) is 221 Å². The van der Waals surface area contributed by atoms with E-state index in [-0.39, 0.29) is 13.0 Å². The molecule has 1 aromatic carbocycles. The number of primary amides is 1. The average Bonchev–Trinajstić information content (AvgIpc) is 3.48. The van der Waals surface area contributed by atoms with Crippen molar-refractivity contribution >= 4 is 40.5 Å². The zero-order valence-corrected chi connectivity index (χ0v) is 20.3. The smallest absolute Gasteiger partial charge is 0.328 e. The number of aliphatic carboxylic acids is 1. The predicted octanol–water partition coefficient (Wildman–Crippen LogP) is -1.66. The van der Waals surface area contributed by atoms with E-state index in [0.717, 1.165) is 16.5 Å². The van der Waals surface area contributed by atoms with Crippen molar-refractivity contribution in [3.8, 4) is 0 Å². The number of fused-ring (bicyclic) bond motifs is 1. The van der Waals surface area contributed by atoms with Gasteiger partial charge in [-0.05, 0) is 37.8 Å². The lowest BCUT2D eigenvalue weighted by atomic mass is 10.0. The van der Waals surface area contributed by atoms with Gasteiger partial charge in [-0.15, -0.1) is 0 Å². The number of hydrogen-bond acceptors (Lipinski definition) is 7. The van der Waals surface area contributed by atoms with E-state index >= 15 is 0 Å². The number of aliphatic hydroxyl groups is 1. The summed E-state index contributed by atoms with van der Waals surface area (Å²) in [5.74, 6) is -4.55. The number of aromatic amines is 1. The van der Waals surface area contributed by atoms with E-state index in [4.69, 9.17) is 11.5 Å². The standard InChI is InChI=1S/C24H32N6O7/c1-12(31)20(24(36)37)29-21(33)17(10-19(26)32)28-22(34)18-7-4-8-30(18)23(35)15(25)9-13-11-27-16-6-3-2-5-14(13)16/h2-3,5-6,11-12,15,17-18,20,27,31H,4,7-10,25H2,1H3,(H2,26,32)(H,28,34)(H,29,33)(H,36,37). The highest BCUT2D eigenvalue weighted by atomic mass is 16.4. The van der Waals surface area contributed by atoms with Crippen LogP contribution in [-0.4, -0.2) is 86.5 Å². The zero-order valence-electron chi connectivity index (χ0n) is 20.3. The molecule has 0 radical (unpaired) electrons. The van der Waals surface area contributed by atoms with Crippen LogP contribution in [0.4, 0.5) is 0 Å². The monoisotopic (exact) mass is 516 g/mol. The molecule has 1 fully saturated rings. The van der Waals surface area contributed by atoms with Crippen molar-refractivity contribution in [3.63, 3.8) is 0 Å². The third kappa shape index (κ3) is 6.62. The van der Waals surface area contributed by atoms with E-state index in [1.165, 1.54) is 11.8 Å². The molecule has 200 valence electrons. The first kappa shape index (κ1) is 27.6. The summed E-state index contributed by atoms with van der Waals surface area (Å²) in [6, 6.07) is 2.59. The Kier molecular flexibility index (Phi) is 8.84. The van der Waals surface area contributed by atoms with Crippen LogP contribution in [-0.2, 0) is 30.4 Å². The summed E-state index contributed by atoms with van der Waals surface area (Å²) >= 11 is 0. The molecule has 37 heavy (non-hydrogen) atoms. The van der Waals surface area contributed by atoms with E-state index in [0.29, 0.717) is 12.8 Å². The normalized spacial score (nSPS) is 18.6. The van der Waals surface area contributed by atoms with Crippen molar-refractivity contribution in [2.75, 3.05) is 6.54 Å². The van der Waals surface area contributed by atoms with Crippen LogP contribution < -0.4 is 22.1 Å². The second kappa shape index (κ2) is 11.8. The second-order valence-electron chi connectivity index (χ2n) is 9.16. The van der Waals surface area contributed by atoms with Gasteiger partial charge < -0.3 is 42.2 Å². The molecular weight excluding hydrogens is 484 g/mol. The van der Waals surface area contributed by atoms with Crippen LogP contribution in [0.15, 0.2) is 30.5 Å². The van der Waals surface area contributed by atoms with Gasteiger partial charge in [0.05, 0.1) is 18.6 Å². The third-order valence-corrected chi connectivity index (χ3v) is 6.35. The fourth-order valence-corrected chi connectivity index (χ4v) is 4.46. The molecule has 2 aromatic rings. The van der Waals surface area contributed by atoms with Gasteiger partial charge in [-0.3, -0.25) is 19.2 Å². The lowest BCUT2D eigenvalue weighted by Gasteiger charge is -2.28. The fourth-order valence-electron chi connectivity index (χ4n) is 4.46. The van der Waals surface area contributed by atoms with Crippen LogP contribution in [0.1, 0.15) is 31.7 Å². The highest BCUT2D eigenvalue weighted by Gasteiger charge is 2.38. The number of carbonyl (C=O) groups excluding carboxylic acids is 4. The number of carboxylic acids is 1. The second-order valence-corrected chi connectivity index (χ2v) is 9.16. The van der Waals surface area contributed by atoms with E-state index in [2.05, 4.69) is 15.6 Å². The number of para-hydroxylation sites is 1. The van der Waals surface area contributed by atoms with Gasteiger partial charge in [-0.2, -0.15) is 0 Å². The van der Waals surface area contributed by atoms with Crippen LogP contribution in [0.5, 0.6) is 0 Å². The van der Waals surface area contributed by atoms with Crippen molar-refractivity contribution in [1.29, 1.82) is 0 Å². The molecular formula is C24H32N6O7. The van der Waals surface area contributed by atoms with E-state index in [1.54, 1.807) is 6.20 Å². The molecule has 0 bridgehead atoms. The molecule has 1 aliphatic rings. The molecule has 5 unspecified atom stereocenters. The van der Waals surface area contributed by atoms with Crippen molar-refractivity contribution in [2.24, 2.45) is 11.5 Å². The van der Waals surface area contributed by atoms with Crippen LogP contribution in [0.3, 0.4) is 0 Å². The lowest BCUT2D eigenvalue weighted by molar-refractivity contribution is -0.145. The molecule has 0 saturated carbocycles. The number of carbonyl (C=O) groups is 5. The first-order chi connectivity index (χ1) is 17.5. The van der Waals surface area contributed by atoms with Gasteiger partial charge in [0.25, 0.3) is 0 Å². The number of H-pyrrole nitrogens is 1. The van der Waals surface area contributed by atoms with E-state index < -0.39 is 66.3 Å². The molecule has 2 heterocycles. The summed E-state index contributed by atoms with van der Waals surface area (Å²) in [7, 11) is 0. The van der Waals surface area contributed by atoms with Crippen molar-refractivity contribution in [3.05, 3.63) is 36.0 Å². The molecule has 3 rings (SSSR count). The summed E-state index contributed by atoms with van der Waals surface area (Å²) in [5, 5.41) is 24.3. The Morgan fingerprint density at radius 3 is 2.54 bits per heavy atom. The molecule has 1 saturated heterocycles. The van der Waals surface area contributed by atoms with Gasteiger partial charge >= 0.3 is 5.97 Å². The maximum atomic E-state index is 13.2. The highest BCUT2D eigenvalue weighted by molar-refractivity contribution is 5.96. The number of nitrogens with two attached hydrogens (primary N) is 2.